The summed E-state index contributed by atoms with van der Waals surface area (Å²) in [5.74, 6) is 0.236. The Morgan fingerprint density at radius 3 is 2.83 bits per heavy atom. The average Bonchev–Trinajstić information content (AvgIpc) is 2.71. The minimum absolute atomic E-state index is 0.105. The lowest BCUT2D eigenvalue weighted by Gasteiger charge is -2.25. The van der Waals surface area contributed by atoms with Crippen LogP contribution in [0.15, 0.2) is 27.4 Å². The Kier molecular flexibility index (Phi) is 2.96. The molecule has 0 aliphatic heterocycles. The summed E-state index contributed by atoms with van der Waals surface area (Å²) in [6, 6.07) is 5.88. The van der Waals surface area contributed by atoms with Crippen LogP contribution >= 0.6 is 0 Å². The van der Waals surface area contributed by atoms with Crippen molar-refractivity contribution in [3.05, 3.63) is 34.3 Å². The van der Waals surface area contributed by atoms with E-state index >= 15 is 0 Å². The quantitative estimate of drug-likeness (QED) is 0.855. The van der Waals surface area contributed by atoms with Gasteiger partial charge in [-0.15, -0.1) is 0 Å². The second-order valence-electron chi connectivity index (χ2n) is 5.22. The van der Waals surface area contributed by atoms with Crippen molar-refractivity contribution in [3.8, 4) is 0 Å². The van der Waals surface area contributed by atoms with Gasteiger partial charge in [0.15, 0.2) is 5.58 Å². The largest absolute Gasteiger partial charge is 0.417 e. The van der Waals surface area contributed by atoms with Crippen molar-refractivity contribution in [2.75, 3.05) is 0 Å². The molecule has 1 heterocycles. The summed E-state index contributed by atoms with van der Waals surface area (Å²) >= 11 is 0. The van der Waals surface area contributed by atoms with Crippen molar-refractivity contribution in [1.82, 2.24) is 4.98 Å². The van der Waals surface area contributed by atoms with E-state index in [1.807, 2.05) is 18.2 Å². The lowest BCUT2D eigenvalue weighted by molar-refractivity contribution is 0.109. The molecule has 3 rings (SSSR count). The smallest absolute Gasteiger partial charge is 0.408 e. The van der Waals surface area contributed by atoms with Crippen LogP contribution in [0.4, 0.5) is 0 Å². The Hall–Kier alpha value is -1.55. The van der Waals surface area contributed by atoms with Gasteiger partial charge in [-0.25, -0.2) is 4.79 Å². The number of aromatic amines is 1. The van der Waals surface area contributed by atoms with Crippen molar-refractivity contribution >= 4 is 11.1 Å². The summed E-state index contributed by atoms with van der Waals surface area (Å²) < 4.78 is 5.06. The third kappa shape index (κ3) is 2.34. The predicted molar refractivity (Wildman–Crippen MR) is 68.5 cm³/mol. The zero-order valence-electron chi connectivity index (χ0n) is 10.2. The maximum Gasteiger partial charge on any atom is 0.417 e. The SMILES string of the molecule is O=c1[nH]c2ccc(CC3CCC(O)CC3)cc2o1. The van der Waals surface area contributed by atoms with Crippen molar-refractivity contribution in [2.45, 2.75) is 38.2 Å². The number of H-pyrrole nitrogens is 1. The number of rotatable bonds is 2. The molecule has 96 valence electrons. The molecule has 0 atom stereocenters. The van der Waals surface area contributed by atoms with Crippen molar-refractivity contribution in [2.24, 2.45) is 5.92 Å². The van der Waals surface area contributed by atoms with E-state index in [0.29, 0.717) is 11.5 Å². The second kappa shape index (κ2) is 4.61. The molecule has 0 amide bonds. The first kappa shape index (κ1) is 11.5. The highest BCUT2D eigenvalue weighted by Gasteiger charge is 2.19. The highest BCUT2D eigenvalue weighted by Crippen LogP contribution is 2.27. The van der Waals surface area contributed by atoms with E-state index in [2.05, 4.69) is 4.98 Å². The topological polar surface area (TPSA) is 66.2 Å². The van der Waals surface area contributed by atoms with Crippen LogP contribution < -0.4 is 5.76 Å². The van der Waals surface area contributed by atoms with E-state index in [1.165, 1.54) is 5.56 Å². The number of fused-ring (bicyclic) bond motifs is 1. The molecule has 4 nitrogen and oxygen atoms in total. The van der Waals surface area contributed by atoms with Gasteiger partial charge >= 0.3 is 5.76 Å². The summed E-state index contributed by atoms with van der Waals surface area (Å²) in [6.45, 7) is 0. The standard InChI is InChI=1S/C14H17NO3/c16-11-4-1-9(2-5-11)7-10-3-6-12-13(8-10)18-14(17)15-12/h3,6,8-9,11,16H,1-2,4-5,7H2,(H,15,17). The van der Waals surface area contributed by atoms with Gasteiger partial charge in [-0.1, -0.05) is 6.07 Å². The number of hydrogen-bond acceptors (Lipinski definition) is 3. The van der Waals surface area contributed by atoms with Crippen LogP contribution in [0.2, 0.25) is 0 Å². The molecule has 0 unspecified atom stereocenters. The number of aliphatic hydroxyl groups excluding tert-OH is 1. The Labute approximate surface area is 105 Å². The second-order valence-corrected chi connectivity index (χ2v) is 5.22. The predicted octanol–water partition coefficient (Wildman–Crippen LogP) is 2.21. The number of hydrogen-bond donors (Lipinski definition) is 2. The number of aliphatic hydroxyl groups is 1. The van der Waals surface area contributed by atoms with Crippen LogP contribution in [-0.4, -0.2) is 16.2 Å². The third-order valence-corrected chi connectivity index (χ3v) is 3.83. The molecule has 1 aliphatic carbocycles. The van der Waals surface area contributed by atoms with Crippen LogP contribution in [0, 0.1) is 5.92 Å². The Morgan fingerprint density at radius 1 is 1.28 bits per heavy atom. The molecule has 1 aromatic heterocycles. The zero-order valence-corrected chi connectivity index (χ0v) is 10.2. The summed E-state index contributed by atoms with van der Waals surface area (Å²) in [7, 11) is 0. The van der Waals surface area contributed by atoms with Crippen LogP contribution in [0.3, 0.4) is 0 Å². The molecule has 1 aromatic carbocycles. The summed E-state index contributed by atoms with van der Waals surface area (Å²) in [6.07, 6.45) is 4.87. The summed E-state index contributed by atoms with van der Waals surface area (Å²) in [4.78, 5) is 13.7. The average molecular weight is 247 g/mol. The van der Waals surface area contributed by atoms with Crippen LogP contribution in [0.5, 0.6) is 0 Å². The van der Waals surface area contributed by atoms with Crippen LogP contribution in [0.1, 0.15) is 31.2 Å². The van der Waals surface area contributed by atoms with Gasteiger partial charge in [0.05, 0.1) is 11.6 Å². The van der Waals surface area contributed by atoms with Gasteiger partial charge < -0.3 is 9.52 Å². The molecule has 1 saturated carbocycles. The molecule has 18 heavy (non-hydrogen) atoms. The zero-order chi connectivity index (χ0) is 12.5. The Balaban J connectivity index is 1.76. The lowest BCUT2D eigenvalue weighted by atomic mass is 9.83. The maximum absolute atomic E-state index is 11.1. The Bertz CT molecular complexity index is 590. The van der Waals surface area contributed by atoms with Crippen LogP contribution in [0.25, 0.3) is 11.1 Å². The van der Waals surface area contributed by atoms with E-state index in [0.717, 1.165) is 37.6 Å². The first-order valence-electron chi connectivity index (χ1n) is 6.50. The maximum atomic E-state index is 11.1. The van der Waals surface area contributed by atoms with Gasteiger partial charge in [0.1, 0.15) is 0 Å². The number of aromatic nitrogens is 1. The Morgan fingerprint density at radius 2 is 2.06 bits per heavy atom. The van der Waals surface area contributed by atoms with Gasteiger partial charge in [-0.05, 0) is 55.7 Å². The van der Waals surface area contributed by atoms with Crippen molar-refractivity contribution in [3.63, 3.8) is 0 Å². The fourth-order valence-electron chi connectivity index (χ4n) is 2.80. The molecule has 4 heteroatoms. The molecule has 0 spiro atoms. The first-order chi connectivity index (χ1) is 8.70. The molecule has 1 fully saturated rings. The number of benzene rings is 1. The highest BCUT2D eigenvalue weighted by molar-refractivity contribution is 5.72. The minimum Gasteiger partial charge on any atom is -0.408 e. The van der Waals surface area contributed by atoms with Crippen molar-refractivity contribution < 1.29 is 9.52 Å². The normalized spacial score (nSPS) is 24.5. The monoisotopic (exact) mass is 247 g/mol. The van der Waals surface area contributed by atoms with E-state index < -0.39 is 5.76 Å². The van der Waals surface area contributed by atoms with E-state index in [-0.39, 0.29) is 6.10 Å². The molecule has 0 radical (unpaired) electrons. The van der Waals surface area contributed by atoms with E-state index in [4.69, 9.17) is 4.42 Å². The fraction of sp³-hybridized carbons (Fsp3) is 0.500. The fourth-order valence-corrected chi connectivity index (χ4v) is 2.80. The van der Waals surface area contributed by atoms with Gasteiger partial charge in [0.25, 0.3) is 0 Å². The third-order valence-electron chi connectivity index (χ3n) is 3.83. The van der Waals surface area contributed by atoms with E-state index in [1.54, 1.807) is 0 Å². The van der Waals surface area contributed by atoms with Gasteiger partial charge in [0, 0.05) is 0 Å². The minimum atomic E-state index is -0.400. The highest BCUT2D eigenvalue weighted by atomic mass is 16.4. The van der Waals surface area contributed by atoms with Crippen molar-refractivity contribution in [1.29, 1.82) is 0 Å². The number of nitrogens with one attached hydrogen (secondary N) is 1. The molecule has 2 N–H and O–H groups in total. The first-order valence-corrected chi connectivity index (χ1v) is 6.50. The summed E-state index contributed by atoms with van der Waals surface area (Å²) in [5.41, 5.74) is 2.59. The van der Waals surface area contributed by atoms with Crippen LogP contribution in [-0.2, 0) is 6.42 Å². The molecule has 0 bridgehead atoms. The molecule has 1 aliphatic rings. The molecular weight excluding hydrogens is 230 g/mol. The summed E-state index contributed by atoms with van der Waals surface area (Å²) in [5, 5.41) is 9.48. The number of oxazole rings is 1. The lowest BCUT2D eigenvalue weighted by Crippen LogP contribution is -2.19. The van der Waals surface area contributed by atoms with Gasteiger partial charge in [0.2, 0.25) is 0 Å². The van der Waals surface area contributed by atoms with E-state index in [9.17, 15) is 9.90 Å². The molecule has 0 saturated heterocycles. The van der Waals surface area contributed by atoms with Gasteiger partial charge in [-0.3, -0.25) is 4.98 Å². The molecule has 2 aromatic rings. The molecular formula is C14H17NO3. The van der Waals surface area contributed by atoms with Gasteiger partial charge in [-0.2, -0.15) is 0 Å².